The van der Waals surface area contributed by atoms with Crippen molar-refractivity contribution in [1.29, 1.82) is 0 Å². The minimum absolute atomic E-state index is 0.122. The number of rotatable bonds is 6. The Morgan fingerprint density at radius 1 is 1.24 bits per heavy atom. The van der Waals surface area contributed by atoms with Crippen molar-refractivity contribution in [2.24, 2.45) is 0 Å². The molecule has 1 aliphatic heterocycles. The van der Waals surface area contributed by atoms with Gasteiger partial charge in [0.1, 0.15) is 12.4 Å². The highest BCUT2D eigenvalue weighted by molar-refractivity contribution is 6.07. The van der Waals surface area contributed by atoms with Gasteiger partial charge in [-0.1, -0.05) is 30.3 Å². The van der Waals surface area contributed by atoms with Gasteiger partial charge in [0.25, 0.3) is 0 Å². The van der Waals surface area contributed by atoms with Crippen molar-refractivity contribution in [3.63, 3.8) is 0 Å². The smallest absolute Gasteiger partial charge is 0.414 e. The first-order valence-electron chi connectivity index (χ1n) is 8.17. The predicted molar refractivity (Wildman–Crippen MR) is 96.1 cm³/mol. The Balaban J connectivity index is 1.71. The number of allylic oxidation sites excluding steroid dienone is 1. The molecule has 1 fully saturated rings. The van der Waals surface area contributed by atoms with E-state index in [1.54, 1.807) is 30.3 Å². The van der Waals surface area contributed by atoms with Crippen molar-refractivity contribution in [1.82, 2.24) is 0 Å². The van der Waals surface area contributed by atoms with Gasteiger partial charge < -0.3 is 9.47 Å². The molecule has 0 aliphatic carbocycles. The molecule has 0 unspecified atom stereocenters. The van der Waals surface area contributed by atoms with Crippen molar-refractivity contribution in [2.75, 3.05) is 24.7 Å². The molecule has 3 rings (SSSR count). The normalized spacial score (nSPS) is 14.0. The van der Waals surface area contributed by atoms with Crippen LogP contribution >= 0.6 is 0 Å². The monoisotopic (exact) mass is 337 g/mol. The first-order chi connectivity index (χ1) is 12.2. The van der Waals surface area contributed by atoms with Crippen molar-refractivity contribution >= 4 is 23.6 Å². The average Bonchev–Trinajstić information content (AvgIpc) is 3.07. The fourth-order valence-corrected chi connectivity index (χ4v) is 2.56. The van der Waals surface area contributed by atoms with Gasteiger partial charge in [-0.2, -0.15) is 0 Å². The Labute approximate surface area is 146 Å². The molecular formula is C20H19NO4. The Kier molecular flexibility index (Phi) is 5.14. The van der Waals surface area contributed by atoms with Gasteiger partial charge >= 0.3 is 6.09 Å². The number of nitrogens with zero attached hydrogens (tertiary/aromatic N) is 1. The first kappa shape index (κ1) is 16.8. The highest BCUT2D eigenvalue weighted by atomic mass is 16.6. The second kappa shape index (κ2) is 7.66. The van der Waals surface area contributed by atoms with E-state index in [0.29, 0.717) is 31.0 Å². The molecule has 1 aliphatic rings. The van der Waals surface area contributed by atoms with E-state index in [0.717, 1.165) is 11.3 Å². The largest absolute Gasteiger partial charge is 0.494 e. The highest BCUT2D eigenvalue weighted by Gasteiger charge is 2.23. The highest BCUT2D eigenvalue weighted by Crippen LogP contribution is 2.21. The van der Waals surface area contributed by atoms with E-state index in [-0.39, 0.29) is 11.9 Å². The number of cyclic esters (lactones) is 1. The van der Waals surface area contributed by atoms with Gasteiger partial charge in [0.15, 0.2) is 5.78 Å². The molecule has 0 radical (unpaired) electrons. The molecule has 0 aromatic heterocycles. The molecule has 1 heterocycles. The minimum atomic E-state index is -0.380. The van der Waals surface area contributed by atoms with Crippen molar-refractivity contribution < 1.29 is 19.1 Å². The average molecular weight is 337 g/mol. The van der Waals surface area contributed by atoms with Gasteiger partial charge in [-0.25, -0.2) is 4.79 Å². The number of ketones is 1. The van der Waals surface area contributed by atoms with Crippen LogP contribution in [0, 0.1) is 0 Å². The van der Waals surface area contributed by atoms with Gasteiger partial charge in [0, 0.05) is 11.3 Å². The fraction of sp³-hybridized carbons (Fsp3) is 0.200. The maximum Gasteiger partial charge on any atom is 0.414 e. The van der Waals surface area contributed by atoms with Crippen LogP contribution in [-0.4, -0.2) is 31.6 Å². The van der Waals surface area contributed by atoms with Crippen LogP contribution in [0.15, 0.2) is 54.6 Å². The summed E-state index contributed by atoms with van der Waals surface area (Å²) in [6.45, 7) is 3.42. The molecule has 0 saturated carbocycles. The van der Waals surface area contributed by atoms with Gasteiger partial charge in [0.05, 0.1) is 13.2 Å². The fourth-order valence-electron chi connectivity index (χ4n) is 2.56. The molecule has 1 amide bonds. The molecule has 0 N–H and O–H groups in total. The number of anilines is 1. The zero-order valence-electron chi connectivity index (χ0n) is 14.0. The standard InChI is InChI=1S/C20H19NO4/c1-2-24-18-9-6-15(7-10-18)8-11-19(22)16-4-3-5-17(14-16)21-12-13-25-20(21)23/h3-11,14H,2,12-13H2,1H3/b11-8+. The molecule has 25 heavy (non-hydrogen) atoms. The van der Waals surface area contributed by atoms with E-state index in [1.165, 1.54) is 11.0 Å². The lowest BCUT2D eigenvalue weighted by molar-refractivity contribution is 0.104. The van der Waals surface area contributed by atoms with E-state index in [9.17, 15) is 9.59 Å². The number of ether oxygens (including phenoxy) is 2. The van der Waals surface area contributed by atoms with Crippen molar-refractivity contribution in [3.05, 3.63) is 65.7 Å². The summed E-state index contributed by atoms with van der Waals surface area (Å²) < 4.78 is 10.3. The van der Waals surface area contributed by atoms with Crippen LogP contribution in [0.1, 0.15) is 22.8 Å². The van der Waals surface area contributed by atoms with E-state index in [1.807, 2.05) is 31.2 Å². The molecule has 5 nitrogen and oxygen atoms in total. The Bertz CT molecular complexity index is 796. The zero-order chi connectivity index (χ0) is 17.6. The topological polar surface area (TPSA) is 55.8 Å². The summed E-state index contributed by atoms with van der Waals surface area (Å²) >= 11 is 0. The Morgan fingerprint density at radius 2 is 2.04 bits per heavy atom. The number of carbonyl (C=O) groups excluding carboxylic acids is 2. The maximum absolute atomic E-state index is 12.4. The van der Waals surface area contributed by atoms with E-state index >= 15 is 0 Å². The Morgan fingerprint density at radius 3 is 2.72 bits per heavy atom. The summed E-state index contributed by atoms with van der Waals surface area (Å²) in [6, 6.07) is 14.5. The molecule has 2 aromatic carbocycles. The van der Waals surface area contributed by atoms with E-state index < -0.39 is 0 Å². The molecule has 128 valence electrons. The number of amides is 1. The third-order valence-electron chi connectivity index (χ3n) is 3.82. The predicted octanol–water partition coefficient (Wildman–Crippen LogP) is 3.94. The lowest BCUT2D eigenvalue weighted by atomic mass is 10.1. The molecular weight excluding hydrogens is 318 g/mol. The van der Waals surface area contributed by atoms with Crippen molar-refractivity contribution in [3.8, 4) is 5.75 Å². The molecule has 0 spiro atoms. The SMILES string of the molecule is CCOc1ccc(/C=C/C(=O)c2cccc(N3CCOC3=O)c2)cc1. The second-order valence-corrected chi connectivity index (χ2v) is 5.52. The van der Waals surface area contributed by atoms with Crippen LogP contribution < -0.4 is 9.64 Å². The number of benzene rings is 2. The molecule has 2 aromatic rings. The first-order valence-corrected chi connectivity index (χ1v) is 8.17. The van der Waals surface area contributed by atoms with Gasteiger partial charge in [-0.15, -0.1) is 0 Å². The van der Waals surface area contributed by atoms with Gasteiger partial charge in [-0.3, -0.25) is 9.69 Å². The summed E-state index contributed by atoms with van der Waals surface area (Å²) in [6.07, 6.45) is 2.90. The van der Waals surface area contributed by atoms with Crippen LogP contribution in [-0.2, 0) is 4.74 Å². The third-order valence-corrected chi connectivity index (χ3v) is 3.82. The van der Waals surface area contributed by atoms with Gasteiger partial charge in [0.2, 0.25) is 0 Å². The number of hydrogen-bond acceptors (Lipinski definition) is 4. The maximum atomic E-state index is 12.4. The summed E-state index contributed by atoms with van der Waals surface area (Å²) in [7, 11) is 0. The van der Waals surface area contributed by atoms with Gasteiger partial charge in [-0.05, 0) is 42.8 Å². The quantitative estimate of drug-likeness (QED) is 0.592. The summed E-state index contributed by atoms with van der Waals surface area (Å²) in [5.41, 5.74) is 2.11. The van der Waals surface area contributed by atoms with Crippen LogP contribution in [0.3, 0.4) is 0 Å². The number of carbonyl (C=O) groups is 2. The van der Waals surface area contributed by atoms with Crippen LogP contribution in [0.4, 0.5) is 10.5 Å². The molecule has 1 saturated heterocycles. The summed E-state index contributed by atoms with van der Waals surface area (Å²) in [5.74, 6) is 0.680. The van der Waals surface area contributed by atoms with Crippen LogP contribution in [0.25, 0.3) is 6.08 Å². The van der Waals surface area contributed by atoms with Crippen LogP contribution in [0.2, 0.25) is 0 Å². The van der Waals surface area contributed by atoms with Crippen molar-refractivity contribution in [2.45, 2.75) is 6.92 Å². The molecule has 0 bridgehead atoms. The zero-order valence-corrected chi connectivity index (χ0v) is 14.0. The molecule has 0 atom stereocenters. The lowest BCUT2D eigenvalue weighted by Gasteiger charge is -2.13. The van der Waals surface area contributed by atoms with E-state index in [4.69, 9.17) is 9.47 Å². The van der Waals surface area contributed by atoms with Crippen LogP contribution in [0.5, 0.6) is 5.75 Å². The third kappa shape index (κ3) is 4.07. The van der Waals surface area contributed by atoms with E-state index in [2.05, 4.69) is 0 Å². The number of hydrogen-bond donors (Lipinski definition) is 0. The Hall–Kier alpha value is -3.08. The minimum Gasteiger partial charge on any atom is -0.494 e. The summed E-state index contributed by atoms with van der Waals surface area (Å²) in [5, 5.41) is 0. The summed E-state index contributed by atoms with van der Waals surface area (Å²) in [4.78, 5) is 25.5. The lowest BCUT2D eigenvalue weighted by Crippen LogP contribution is -2.23. The second-order valence-electron chi connectivity index (χ2n) is 5.52. The molecule has 5 heteroatoms.